The molecule has 0 spiro atoms. The molecule has 232 valence electrons. The first-order valence-electron chi connectivity index (χ1n) is 14.3. The summed E-state index contributed by atoms with van der Waals surface area (Å²) in [5, 5.41) is 12.9. The number of hydrogen-bond acceptors (Lipinski definition) is 5. The molecule has 1 fully saturated rings. The van der Waals surface area contributed by atoms with Crippen LogP contribution in [0.1, 0.15) is 51.2 Å². The second-order valence-corrected chi connectivity index (χ2v) is 11.7. The number of carbonyl (C=O) groups is 4. The molecule has 0 bridgehead atoms. The number of benzene rings is 2. The maximum atomic E-state index is 12.6. The molecule has 0 aromatic heterocycles. The van der Waals surface area contributed by atoms with E-state index in [1.807, 2.05) is 67.4 Å². The van der Waals surface area contributed by atoms with Crippen LogP contribution >= 0.6 is 11.8 Å². The second-order valence-electron chi connectivity index (χ2n) is 10.8. The lowest BCUT2D eigenvalue weighted by atomic mass is 9.79. The summed E-state index contributed by atoms with van der Waals surface area (Å²) in [6.45, 7) is 10.2. The summed E-state index contributed by atoms with van der Waals surface area (Å²) < 4.78 is 0. The summed E-state index contributed by atoms with van der Waals surface area (Å²) in [5.41, 5.74) is 2.03. The number of piperidine rings is 1. The zero-order valence-electron chi connectivity index (χ0n) is 25.9. The third kappa shape index (κ3) is 14.4. The van der Waals surface area contributed by atoms with Gasteiger partial charge in [0.2, 0.25) is 5.91 Å². The van der Waals surface area contributed by atoms with E-state index < -0.39 is 5.97 Å². The highest BCUT2D eigenvalue weighted by atomic mass is 32.2. The number of carboxylic acids is 1. The van der Waals surface area contributed by atoms with Crippen LogP contribution in [0.4, 0.5) is 9.59 Å². The number of thioether (sulfide) groups is 1. The predicted molar refractivity (Wildman–Crippen MR) is 170 cm³/mol. The van der Waals surface area contributed by atoms with Gasteiger partial charge >= 0.3 is 12.0 Å². The molecule has 1 unspecified atom stereocenters. The molecule has 3 N–H and O–H groups in total. The van der Waals surface area contributed by atoms with E-state index in [-0.39, 0.29) is 29.1 Å². The van der Waals surface area contributed by atoms with Crippen molar-refractivity contribution in [3.63, 3.8) is 0 Å². The summed E-state index contributed by atoms with van der Waals surface area (Å²) in [5.74, 6) is 0.253. The maximum absolute atomic E-state index is 12.6. The van der Waals surface area contributed by atoms with Crippen molar-refractivity contribution >= 4 is 34.9 Å². The summed E-state index contributed by atoms with van der Waals surface area (Å²) >= 11 is 1.06. The third-order valence-corrected chi connectivity index (χ3v) is 7.93. The van der Waals surface area contributed by atoms with Crippen LogP contribution in [0.15, 0.2) is 60.7 Å². The smallest absolute Gasteiger partial charge is 0.323 e. The number of carboxylic acid groups (broad SMARTS) is 1. The summed E-state index contributed by atoms with van der Waals surface area (Å²) in [6.07, 6.45) is 2.56. The largest absolute Gasteiger partial charge is 0.480 e. The van der Waals surface area contributed by atoms with Crippen molar-refractivity contribution in [3.05, 3.63) is 71.8 Å². The van der Waals surface area contributed by atoms with Gasteiger partial charge in [-0.05, 0) is 31.2 Å². The van der Waals surface area contributed by atoms with E-state index in [0.29, 0.717) is 24.8 Å². The van der Waals surface area contributed by atoms with Crippen LogP contribution in [0.3, 0.4) is 0 Å². The molecule has 1 saturated heterocycles. The monoisotopic (exact) mass is 600 g/mol. The van der Waals surface area contributed by atoms with Gasteiger partial charge in [0.15, 0.2) is 0 Å². The normalized spacial score (nSPS) is 14.1. The lowest BCUT2D eigenvalue weighted by molar-refractivity contribution is -0.142. The molecule has 1 atom stereocenters. The fourth-order valence-corrected chi connectivity index (χ4v) is 4.84. The average Bonchev–Trinajstić information content (AvgIpc) is 3.00. The Labute approximate surface area is 255 Å². The van der Waals surface area contributed by atoms with Crippen molar-refractivity contribution in [1.29, 1.82) is 0 Å². The van der Waals surface area contributed by atoms with Gasteiger partial charge in [0.25, 0.3) is 5.24 Å². The van der Waals surface area contributed by atoms with E-state index in [9.17, 15) is 19.2 Å². The summed E-state index contributed by atoms with van der Waals surface area (Å²) in [7, 11) is 3.53. The van der Waals surface area contributed by atoms with Gasteiger partial charge in [-0.2, -0.15) is 0 Å². The molecular formula is C32H48N4O5S. The quantitative estimate of drug-likeness (QED) is 0.361. The number of rotatable bonds is 8. The van der Waals surface area contributed by atoms with Crippen LogP contribution in [0.25, 0.3) is 0 Å². The number of nitrogens with one attached hydrogen (secondary N) is 2. The van der Waals surface area contributed by atoms with Crippen LogP contribution in [0.2, 0.25) is 0 Å². The van der Waals surface area contributed by atoms with E-state index in [0.717, 1.165) is 43.1 Å². The van der Waals surface area contributed by atoms with E-state index >= 15 is 0 Å². The average molecular weight is 601 g/mol. The van der Waals surface area contributed by atoms with E-state index in [1.54, 1.807) is 11.9 Å². The maximum Gasteiger partial charge on any atom is 0.323 e. The van der Waals surface area contributed by atoms with E-state index in [1.165, 1.54) is 5.56 Å². The number of urea groups is 1. The Hall–Kier alpha value is -3.53. The Morgan fingerprint density at radius 1 is 1.02 bits per heavy atom. The SMILES string of the molecule is CCC(C)CN(C)C(=O)C1(C)CCN(C(=O)NC)CC1.Cc1ccccc1.O=C(O)CNC(=O)SCc1ccccc1. The Balaban J connectivity index is 0.000000350. The molecule has 0 radical (unpaired) electrons. The van der Waals surface area contributed by atoms with Gasteiger partial charge in [-0.1, -0.05) is 105 Å². The second kappa shape index (κ2) is 19.6. The molecule has 9 nitrogen and oxygen atoms in total. The molecule has 0 aliphatic carbocycles. The lowest BCUT2D eigenvalue weighted by Gasteiger charge is -2.40. The van der Waals surface area contributed by atoms with Crippen molar-refractivity contribution in [3.8, 4) is 0 Å². The molecule has 42 heavy (non-hydrogen) atoms. The molecule has 1 aliphatic heterocycles. The van der Waals surface area contributed by atoms with Gasteiger partial charge in [0.05, 0.1) is 0 Å². The van der Waals surface area contributed by atoms with Gasteiger partial charge < -0.3 is 25.5 Å². The van der Waals surface area contributed by atoms with Crippen LogP contribution in [0, 0.1) is 18.3 Å². The van der Waals surface area contributed by atoms with Crippen molar-refractivity contribution in [2.45, 2.75) is 52.7 Å². The number of likely N-dealkylation sites (tertiary alicyclic amines) is 1. The standard InChI is InChI=1S/C15H29N3O2.C10H11NO3S.C7H8/c1-6-12(2)11-17(5)13(19)15(3)7-9-18(10-8-15)14(20)16-4;12-9(13)6-11-10(14)15-7-8-4-2-1-3-5-8;1-7-5-3-2-4-6-7/h12H,6-11H2,1-5H3,(H,16,20);1-5H,6-7H2,(H,11,14)(H,12,13);2-6H,1H3. The van der Waals surface area contributed by atoms with Gasteiger partial charge in [0, 0.05) is 44.9 Å². The number of carbonyl (C=O) groups excluding carboxylic acids is 3. The minimum atomic E-state index is -1.04. The lowest BCUT2D eigenvalue weighted by Crippen LogP contribution is -2.51. The molecule has 1 aliphatic rings. The Morgan fingerprint density at radius 3 is 2.02 bits per heavy atom. The molecule has 1 heterocycles. The third-order valence-electron chi connectivity index (χ3n) is 7.05. The van der Waals surface area contributed by atoms with Crippen LogP contribution in [-0.2, 0) is 15.3 Å². The first kappa shape index (κ1) is 36.5. The topological polar surface area (TPSA) is 119 Å². The van der Waals surface area contributed by atoms with Gasteiger partial charge in [-0.3, -0.25) is 14.4 Å². The van der Waals surface area contributed by atoms with Gasteiger partial charge in [0.1, 0.15) is 6.54 Å². The highest BCUT2D eigenvalue weighted by molar-refractivity contribution is 8.12. The van der Waals surface area contributed by atoms with Crippen LogP contribution in [0.5, 0.6) is 0 Å². The first-order chi connectivity index (χ1) is 19.9. The molecule has 2 aromatic rings. The van der Waals surface area contributed by atoms with Crippen LogP contribution < -0.4 is 10.6 Å². The van der Waals surface area contributed by atoms with Crippen molar-refractivity contribution < 1.29 is 24.3 Å². The Morgan fingerprint density at radius 2 is 1.57 bits per heavy atom. The molecule has 3 rings (SSSR count). The van der Waals surface area contributed by atoms with Crippen molar-refractivity contribution in [2.24, 2.45) is 11.3 Å². The first-order valence-corrected chi connectivity index (χ1v) is 15.3. The zero-order valence-corrected chi connectivity index (χ0v) is 26.7. The van der Waals surface area contributed by atoms with Gasteiger partial charge in [-0.15, -0.1) is 0 Å². The van der Waals surface area contributed by atoms with Crippen molar-refractivity contribution in [2.75, 3.05) is 40.3 Å². The van der Waals surface area contributed by atoms with Crippen molar-refractivity contribution in [1.82, 2.24) is 20.4 Å². The number of hydrogen-bond donors (Lipinski definition) is 3. The predicted octanol–water partition coefficient (Wildman–Crippen LogP) is 5.64. The fraction of sp³-hybridized carbons (Fsp3) is 0.500. The van der Waals surface area contributed by atoms with E-state index in [4.69, 9.17) is 5.11 Å². The Bertz CT molecular complexity index is 1090. The summed E-state index contributed by atoms with van der Waals surface area (Å²) in [6, 6.07) is 19.7. The van der Waals surface area contributed by atoms with E-state index in [2.05, 4.69) is 43.5 Å². The highest BCUT2D eigenvalue weighted by Crippen LogP contribution is 2.33. The fourth-order valence-electron chi connectivity index (χ4n) is 4.17. The number of aryl methyl sites for hydroxylation is 1. The summed E-state index contributed by atoms with van der Waals surface area (Å²) in [4.78, 5) is 49.1. The molecule has 4 amide bonds. The molecule has 10 heteroatoms. The number of amides is 4. The molecule has 0 saturated carbocycles. The van der Waals surface area contributed by atoms with Crippen LogP contribution in [-0.4, -0.2) is 78.3 Å². The number of aliphatic carboxylic acids is 1. The minimum Gasteiger partial charge on any atom is -0.480 e. The Kier molecular flexibility index (Phi) is 17.0. The van der Waals surface area contributed by atoms with Gasteiger partial charge in [-0.25, -0.2) is 4.79 Å². The number of nitrogens with zero attached hydrogens (tertiary/aromatic N) is 2. The molecule has 2 aromatic carbocycles. The molecular weight excluding hydrogens is 552 g/mol. The minimum absolute atomic E-state index is 0.0486. The zero-order chi connectivity index (χ0) is 31.5. The highest BCUT2D eigenvalue weighted by Gasteiger charge is 2.39.